The van der Waals surface area contributed by atoms with E-state index in [4.69, 9.17) is 5.26 Å². The molecule has 1 unspecified atom stereocenters. The third-order valence-electron chi connectivity index (χ3n) is 4.06. The molecule has 1 aromatic carbocycles. The summed E-state index contributed by atoms with van der Waals surface area (Å²) in [6.45, 7) is 6.76. The van der Waals surface area contributed by atoms with Gasteiger partial charge in [0.15, 0.2) is 0 Å². The molecule has 102 valence electrons. The van der Waals surface area contributed by atoms with Gasteiger partial charge in [0.1, 0.15) is 0 Å². The molecule has 0 aromatic heterocycles. The normalized spacial score (nSPS) is 22.0. The van der Waals surface area contributed by atoms with E-state index in [0.29, 0.717) is 0 Å². The van der Waals surface area contributed by atoms with Crippen LogP contribution >= 0.6 is 0 Å². The highest BCUT2D eigenvalue weighted by Gasteiger charge is 2.34. The van der Waals surface area contributed by atoms with Crippen LogP contribution in [0.15, 0.2) is 24.3 Å². The fourth-order valence-electron chi connectivity index (χ4n) is 3.22. The van der Waals surface area contributed by atoms with Gasteiger partial charge in [-0.3, -0.25) is 0 Å². The lowest BCUT2D eigenvalue weighted by atomic mass is 9.82. The minimum atomic E-state index is 0.147. The minimum absolute atomic E-state index is 0.147. The molecule has 0 saturated carbocycles. The maximum atomic E-state index is 9.03. The van der Waals surface area contributed by atoms with Crippen molar-refractivity contribution in [3.05, 3.63) is 29.8 Å². The molecule has 3 heteroatoms. The second kappa shape index (κ2) is 5.63. The number of nitrogens with zero attached hydrogens (tertiary/aromatic N) is 2. The van der Waals surface area contributed by atoms with Crippen LogP contribution in [0.25, 0.3) is 0 Å². The maximum Gasteiger partial charge on any atom is 0.0992 e. The van der Waals surface area contributed by atoms with Crippen molar-refractivity contribution in [2.24, 2.45) is 5.92 Å². The van der Waals surface area contributed by atoms with Crippen molar-refractivity contribution in [1.82, 2.24) is 5.32 Å². The highest BCUT2D eigenvalue weighted by Crippen LogP contribution is 2.35. The second-order valence-corrected chi connectivity index (χ2v) is 6.04. The number of hydrogen-bond donors (Lipinski definition) is 1. The molecule has 0 aliphatic carbocycles. The predicted molar refractivity (Wildman–Crippen MR) is 79.2 cm³/mol. The van der Waals surface area contributed by atoms with Gasteiger partial charge < -0.3 is 10.2 Å². The lowest BCUT2D eigenvalue weighted by Crippen LogP contribution is -2.51. The monoisotopic (exact) mass is 257 g/mol. The van der Waals surface area contributed by atoms with Crippen molar-refractivity contribution in [3.63, 3.8) is 0 Å². The van der Waals surface area contributed by atoms with Crippen molar-refractivity contribution < 1.29 is 0 Å². The summed E-state index contributed by atoms with van der Waals surface area (Å²) in [6.07, 6.45) is 2.39. The SMILES string of the molecule is CNCC1CCN(c2cccc(C#N)c2)C(C)(C)C1. The van der Waals surface area contributed by atoms with E-state index in [1.54, 1.807) is 0 Å². The molecule has 1 fully saturated rings. The van der Waals surface area contributed by atoms with E-state index in [2.05, 4.69) is 36.2 Å². The summed E-state index contributed by atoms with van der Waals surface area (Å²) in [6, 6.07) is 10.2. The van der Waals surface area contributed by atoms with E-state index >= 15 is 0 Å². The summed E-state index contributed by atoms with van der Waals surface area (Å²) in [5, 5.41) is 12.3. The van der Waals surface area contributed by atoms with Crippen molar-refractivity contribution >= 4 is 5.69 Å². The van der Waals surface area contributed by atoms with Gasteiger partial charge in [-0.1, -0.05) is 6.07 Å². The molecule has 1 aromatic rings. The van der Waals surface area contributed by atoms with E-state index in [1.807, 2.05) is 25.2 Å². The van der Waals surface area contributed by atoms with E-state index < -0.39 is 0 Å². The van der Waals surface area contributed by atoms with Crippen LogP contribution in [-0.4, -0.2) is 25.7 Å². The van der Waals surface area contributed by atoms with Gasteiger partial charge in [-0.05, 0) is 64.4 Å². The molecule has 2 rings (SSSR count). The van der Waals surface area contributed by atoms with Crippen LogP contribution in [0.2, 0.25) is 0 Å². The third kappa shape index (κ3) is 3.08. The first kappa shape index (κ1) is 13.9. The summed E-state index contributed by atoms with van der Waals surface area (Å²) in [5.74, 6) is 0.746. The van der Waals surface area contributed by atoms with Crippen molar-refractivity contribution in [1.29, 1.82) is 5.26 Å². The van der Waals surface area contributed by atoms with E-state index in [1.165, 1.54) is 18.5 Å². The highest BCUT2D eigenvalue weighted by atomic mass is 15.2. The number of hydrogen-bond acceptors (Lipinski definition) is 3. The molecule has 19 heavy (non-hydrogen) atoms. The minimum Gasteiger partial charge on any atom is -0.366 e. The molecule has 1 saturated heterocycles. The van der Waals surface area contributed by atoms with Crippen LogP contribution in [0.4, 0.5) is 5.69 Å². The molecule has 1 aliphatic rings. The Hall–Kier alpha value is -1.53. The quantitative estimate of drug-likeness (QED) is 0.905. The Morgan fingerprint density at radius 2 is 2.26 bits per heavy atom. The van der Waals surface area contributed by atoms with Gasteiger partial charge >= 0.3 is 0 Å². The zero-order valence-electron chi connectivity index (χ0n) is 12.1. The van der Waals surface area contributed by atoms with Crippen LogP contribution in [0.3, 0.4) is 0 Å². The van der Waals surface area contributed by atoms with E-state index in [9.17, 15) is 0 Å². The molecular formula is C16H23N3. The molecule has 1 heterocycles. The van der Waals surface area contributed by atoms with Gasteiger partial charge in [0.2, 0.25) is 0 Å². The first-order valence-electron chi connectivity index (χ1n) is 6.99. The molecule has 3 nitrogen and oxygen atoms in total. The Morgan fingerprint density at radius 3 is 2.89 bits per heavy atom. The maximum absolute atomic E-state index is 9.03. The summed E-state index contributed by atoms with van der Waals surface area (Å²) in [5.41, 5.74) is 2.06. The zero-order valence-corrected chi connectivity index (χ0v) is 12.1. The van der Waals surface area contributed by atoms with Crippen LogP contribution in [0.1, 0.15) is 32.3 Å². The molecule has 1 N–H and O–H groups in total. The van der Waals surface area contributed by atoms with Gasteiger partial charge in [0.25, 0.3) is 0 Å². The van der Waals surface area contributed by atoms with Gasteiger partial charge in [0.05, 0.1) is 11.6 Å². The van der Waals surface area contributed by atoms with Gasteiger partial charge in [-0.2, -0.15) is 5.26 Å². The predicted octanol–water partition coefficient (Wildman–Crippen LogP) is 2.77. The van der Waals surface area contributed by atoms with Gasteiger partial charge in [-0.25, -0.2) is 0 Å². The largest absolute Gasteiger partial charge is 0.366 e. The smallest absolute Gasteiger partial charge is 0.0992 e. The average molecular weight is 257 g/mol. The molecule has 1 atom stereocenters. The molecule has 0 bridgehead atoms. The summed E-state index contributed by atoms with van der Waals surface area (Å²) < 4.78 is 0. The lowest BCUT2D eigenvalue weighted by molar-refractivity contribution is 0.270. The van der Waals surface area contributed by atoms with Crippen LogP contribution < -0.4 is 10.2 Å². The summed E-state index contributed by atoms with van der Waals surface area (Å²) >= 11 is 0. The molecule has 0 amide bonds. The van der Waals surface area contributed by atoms with Gasteiger partial charge in [0, 0.05) is 17.8 Å². The summed E-state index contributed by atoms with van der Waals surface area (Å²) in [7, 11) is 2.02. The van der Waals surface area contributed by atoms with E-state index in [-0.39, 0.29) is 5.54 Å². The molecular weight excluding hydrogens is 234 g/mol. The molecule has 0 spiro atoms. The van der Waals surface area contributed by atoms with Crippen molar-refractivity contribution in [2.75, 3.05) is 25.0 Å². The van der Waals surface area contributed by atoms with Crippen LogP contribution in [0.5, 0.6) is 0 Å². The highest BCUT2D eigenvalue weighted by molar-refractivity contribution is 5.53. The summed E-state index contributed by atoms with van der Waals surface area (Å²) in [4.78, 5) is 2.44. The first-order valence-corrected chi connectivity index (χ1v) is 6.99. The van der Waals surface area contributed by atoms with Crippen molar-refractivity contribution in [3.8, 4) is 6.07 Å². The Bertz CT molecular complexity index is 473. The van der Waals surface area contributed by atoms with Crippen LogP contribution in [-0.2, 0) is 0 Å². The number of benzene rings is 1. The standard InChI is InChI=1S/C16H23N3/c1-16(2)10-14(12-18-3)7-8-19(16)15-6-4-5-13(9-15)11-17/h4-6,9,14,18H,7-8,10,12H2,1-3H3. The Kier molecular flexibility index (Phi) is 4.11. The number of rotatable bonds is 3. The third-order valence-corrected chi connectivity index (χ3v) is 4.06. The second-order valence-electron chi connectivity index (χ2n) is 6.04. The van der Waals surface area contributed by atoms with E-state index in [0.717, 1.165) is 24.6 Å². The Morgan fingerprint density at radius 1 is 1.47 bits per heavy atom. The first-order chi connectivity index (χ1) is 9.06. The fraction of sp³-hybridized carbons (Fsp3) is 0.562. The number of nitrogens with one attached hydrogen (secondary N) is 1. The number of nitriles is 1. The molecule has 1 aliphatic heterocycles. The Labute approximate surface area is 116 Å². The topological polar surface area (TPSA) is 39.1 Å². The Balaban J connectivity index is 2.19. The number of anilines is 1. The van der Waals surface area contributed by atoms with Crippen molar-refractivity contribution in [2.45, 2.75) is 32.2 Å². The van der Waals surface area contributed by atoms with Gasteiger partial charge in [-0.15, -0.1) is 0 Å². The fourth-order valence-corrected chi connectivity index (χ4v) is 3.22. The number of piperidine rings is 1. The molecule has 0 radical (unpaired) electrons. The lowest BCUT2D eigenvalue weighted by Gasteiger charge is -2.47. The van der Waals surface area contributed by atoms with Crippen LogP contribution in [0, 0.1) is 17.2 Å². The zero-order chi connectivity index (χ0) is 13.9. The average Bonchev–Trinajstić information content (AvgIpc) is 2.38.